The Hall–Kier alpha value is -2.62. The van der Waals surface area contributed by atoms with E-state index in [2.05, 4.69) is 15.3 Å². The molecule has 1 heterocycles. The lowest BCUT2D eigenvalue weighted by Gasteiger charge is -2.53. The molecular formula is C23H23ClF3N3O3. The van der Waals surface area contributed by atoms with Crippen LogP contribution in [0.5, 0.6) is 5.75 Å². The highest BCUT2D eigenvalue weighted by molar-refractivity contribution is 6.32. The smallest absolute Gasteiger partial charge is 0.420 e. The fourth-order valence-electron chi connectivity index (χ4n) is 4.79. The monoisotopic (exact) mass is 481 g/mol. The maximum Gasteiger partial charge on any atom is 0.420 e. The second-order valence-electron chi connectivity index (χ2n) is 9.11. The third-order valence-corrected chi connectivity index (χ3v) is 6.69. The predicted octanol–water partition coefficient (Wildman–Crippen LogP) is 4.57. The molecule has 1 aliphatic carbocycles. The maximum absolute atomic E-state index is 14.3. The van der Waals surface area contributed by atoms with Gasteiger partial charge in [-0.1, -0.05) is 37.6 Å². The third kappa shape index (κ3) is 3.50. The molecule has 1 aromatic heterocycles. The molecule has 2 aromatic carbocycles. The second kappa shape index (κ2) is 7.44. The van der Waals surface area contributed by atoms with Crippen LogP contribution in [0.1, 0.15) is 37.2 Å². The number of aliphatic hydroxyl groups is 2. The van der Waals surface area contributed by atoms with Crippen LogP contribution in [-0.4, -0.2) is 43.6 Å². The number of benzene rings is 2. The molecule has 0 saturated carbocycles. The van der Waals surface area contributed by atoms with Gasteiger partial charge in [0.05, 0.1) is 17.1 Å². The van der Waals surface area contributed by atoms with Gasteiger partial charge in [-0.25, -0.2) is 9.97 Å². The fraction of sp³-hybridized carbons (Fsp3) is 0.391. The van der Waals surface area contributed by atoms with E-state index in [0.717, 1.165) is 0 Å². The van der Waals surface area contributed by atoms with E-state index >= 15 is 0 Å². The molecule has 0 fully saturated rings. The largest absolute Gasteiger partial charge is 0.506 e. The average molecular weight is 482 g/mol. The fourth-order valence-corrected chi connectivity index (χ4v) is 4.95. The number of halogens is 4. The number of aryl methyl sites for hydroxylation is 1. The quantitative estimate of drug-likeness (QED) is 0.437. The summed E-state index contributed by atoms with van der Waals surface area (Å²) in [6, 6.07) is 7.43. The number of aromatic nitrogens is 2. The van der Waals surface area contributed by atoms with Gasteiger partial charge in [-0.05, 0) is 42.5 Å². The Balaban J connectivity index is 1.88. The van der Waals surface area contributed by atoms with Crippen LogP contribution < -0.4 is 5.32 Å². The number of phenols is 1. The van der Waals surface area contributed by atoms with Gasteiger partial charge in [0.25, 0.3) is 0 Å². The SMILES string of the molecule is Cc1ncc2c(NCC3(O)c4ccc(Cl)c(O)c4C(C)(C)CC3(O)C(F)(F)F)cccc2n1. The molecule has 0 bridgehead atoms. The normalized spacial score (nSPS) is 24.5. The van der Waals surface area contributed by atoms with Crippen LogP contribution in [0.15, 0.2) is 36.5 Å². The Labute approximate surface area is 193 Å². The van der Waals surface area contributed by atoms with Crippen molar-refractivity contribution < 1.29 is 28.5 Å². The molecule has 0 radical (unpaired) electrons. The summed E-state index contributed by atoms with van der Waals surface area (Å²) in [4.78, 5) is 8.44. The molecule has 0 spiro atoms. The third-order valence-electron chi connectivity index (χ3n) is 6.38. The first-order valence-electron chi connectivity index (χ1n) is 10.2. The van der Waals surface area contributed by atoms with Crippen LogP contribution in [0.2, 0.25) is 5.02 Å². The van der Waals surface area contributed by atoms with Gasteiger partial charge in [-0.3, -0.25) is 0 Å². The van der Waals surface area contributed by atoms with Crippen molar-refractivity contribution in [3.05, 3.63) is 58.5 Å². The van der Waals surface area contributed by atoms with E-state index in [4.69, 9.17) is 11.6 Å². The zero-order chi connectivity index (χ0) is 24.4. The Morgan fingerprint density at radius 1 is 1.15 bits per heavy atom. The van der Waals surface area contributed by atoms with Crippen molar-refractivity contribution in [2.75, 3.05) is 11.9 Å². The molecule has 0 amide bonds. The van der Waals surface area contributed by atoms with E-state index in [9.17, 15) is 28.5 Å². The molecule has 2 unspecified atom stereocenters. The van der Waals surface area contributed by atoms with E-state index < -0.39 is 41.5 Å². The van der Waals surface area contributed by atoms with Crippen LogP contribution >= 0.6 is 11.6 Å². The Kier molecular flexibility index (Phi) is 5.31. The first-order valence-corrected chi connectivity index (χ1v) is 10.6. The number of nitrogens with one attached hydrogen (secondary N) is 1. The van der Waals surface area contributed by atoms with Crippen molar-refractivity contribution in [1.82, 2.24) is 9.97 Å². The van der Waals surface area contributed by atoms with Crippen LogP contribution in [-0.2, 0) is 11.0 Å². The highest BCUT2D eigenvalue weighted by Gasteiger charge is 2.71. The standard InChI is InChI=1S/C23H23ClF3N3O3/c1-12-28-9-13-16(5-4-6-17(13)30-12)29-11-21(32)14-7-8-15(24)19(31)18(14)20(2,3)10-22(21,33)23(25,26)27/h4-9,29,31-33H,10-11H2,1-3H3. The van der Waals surface area contributed by atoms with Crippen LogP contribution in [0.3, 0.4) is 0 Å². The summed E-state index contributed by atoms with van der Waals surface area (Å²) >= 11 is 6.03. The molecule has 0 aliphatic heterocycles. The maximum atomic E-state index is 14.3. The number of anilines is 1. The minimum absolute atomic E-state index is 0.0591. The van der Waals surface area contributed by atoms with Crippen molar-refractivity contribution in [2.45, 2.75) is 50.0 Å². The highest BCUT2D eigenvalue weighted by Crippen LogP contribution is 2.58. The first-order chi connectivity index (χ1) is 15.2. The number of nitrogens with zero attached hydrogens (tertiary/aromatic N) is 2. The molecule has 33 heavy (non-hydrogen) atoms. The number of aromatic hydroxyl groups is 1. The van der Waals surface area contributed by atoms with Crippen LogP contribution in [0.25, 0.3) is 10.9 Å². The van der Waals surface area contributed by atoms with Gasteiger partial charge in [0.2, 0.25) is 0 Å². The molecular weight excluding hydrogens is 459 g/mol. The van der Waals surface area contributed by atoms with E-state index in [0.29, 0.717) is 22.4 Å². The lowest BCUT2D eigenvalue weighted by Crippen LogP contribution is -2.68. The predicted molar refractivity (Wildman–Crippen MR) is 118 cm³/mol. The molecule has 4 N–H and O–H groups in total. The summed E-state index contributed by atoms with van der Waals surface area (Å²) in [5.74, 6) is 0.108. The lowest BCUT2D eigenvalue weighted by molar-refractivity contribution is -0.330. The van der Waals surface area contributed by atoms with Gasteiger partial charge in [-0.2, -0.15) is 13.2 Å². The zero-order valence-electron chi connectivity index (χ0n) is 18.1. The molecule has 176 valence electrons. The van der Waals surface area contributed by atoms with Crippen molar-refractivity contribution in [1.29, 1.82) is 0 Å². The Morgan fingerprint density at radius 3 is 2.52 bits per heavy atom. The second-order valence-corrected chi connectivity index (χ2v) is 9.51. The number of fused-ring (bicyclic) bond motifs is 2. The van der Waals surface area contributed by atoms with Gasteiger partial charge in [-0.15, -0.1) is 0 Å². The van der Waals surface area contributed by atoms with E-state index in [1.165, 1.54) is 32.2 Å². The summed E-state index contributed by atoms with van der Waals surface area (Å²) in [5.41, 5.74) is -6.93. The summed E-state index contributed by atoms with van der Waals surface area (Å²) in [6.07, 6.45) is -4.53. The summed E-state index contributed by atoms with van der Waals surface area (Å²) < 4.78 is 42.9. The molecule has 1 aliphatic rings. The number of phenolic OH excluding ortho intramolecular Hbond substituents is 1. The van der Waals surface area contributed by atoms with E-state index in [1.807, 2.05) is 0 Å². The Morgan fingerprint density at radius 2 is 1.85 bits per heavy atom. The van der Waals surface area contributed by atoms with Crippen molar-refractivity contribution in [3.8, 4) is 5.75 Å². The first kappa shape index (κ1) is 23.5. The molecule has 2 atom stereocenters. The lowest BCUT2D eigenvalue weighted by atomic mass is 9.58. The summed E-state index contributed by atoms with van der Waals surface area (Å²) in [5, 5.41) is 36.5. The minimum atomic E-state index is -5.17. The molecule has 6 nitrogen and oxygen atoms in total. The molecule has 3 aromatic rings. The number of hydrogen-bond donors (Lipinski definition) is 4. The molecule has 10 heteroatoms. The van der Waals surface area contributed by atoms with Crippen molar-refractivity contribution >= 4 is 28.2 Å². The van der Waals surface area contributed by atoms with Crippen molar-refractivity contribution in [2.24, 2.45) is 0 Å². The highest BCUT2D eigenvalue weighted by atomic mass is 35.5. The Bertz CT molecular complexity index is 1250. The average Bonchev–Trinajstić information content (AvgIpc) is 2.71. The van der Waals surface area contributed by atoms with Crippen molar-refractivity contribution in [3.63, 3.8) is 0 Å². The minimum Gasteiger partial charge on any atom is -0.506 e. The van der Waals surface area contributed by atoms with Crippen LogP contribution in [0, 0.1) is 6.92 Å². The zero-order valence-corrected chi connectivity index (χ0v) is 18.9. The summed E-state index contributed by atoms with van der Waals surface area (Å²) in [7, 11) is 0. The topological polar surface area (TPSA) is 98.5 Å². The van der Waals surface area contributed by atoms with Gasteiger partial charge in [0.1, 0.15) is 17.2 Å². The van der Waals surface area contributed by atoms with E-state index in [-0.39, 0.29) is 16.1 Å². The molecule has 0 saturated heterocycles. The van der Waals surface area contributed by atoms with Gasteiger partial charge < -0.3 is 20.6 Å². The van der Waals surface area contributed by atoms with Gasteiger partial charge >= 0.3 is 6.18 Å². The number of alkyl halides is 3. The van der Waals surface area contributed by atoms with Crippen LogP contribution in [0.4, 0.5) is 18.9 Å². The van der Waals surface area contributed by atoms with Gasteiger partial charge in [0.15, 0.2) is 5.60 Å². The van der Waals surface area contributed by atoms with E-state index in [1.54, 1.807) is 25.1 Å². The van der Waals surface area contributed by atoms with Gasteiger partial charge in [0, 0.05) is 22.8 Å². The summed E-state index contributed by atoms with van der Waals surface area (Å²) in [6.45, 7) is 3.91. The number of rotatable bonds is 3. The molecule has 4 rings (SSSR count). The number of hydrogen-bond acceptors (Lipinski definition) is 6.